The van der Waals surface area contributed by atoms with Crippen molar-refractivity contribution in [3.05, 3.63) is 65.6 Å². The number of rotatable bonds is 9. The predicted octanol–water partition coefficient (Wildman–Crippen LogP) is 4.85. The van der Waals surface area contributed by atoms with Gasteiger partial charge in [-0.05, 0) is 50.5 Å². The molecule has 0 radical (unpaired) electrons. The number of aromatic nitrogens is 1. The third kappa shape index (κ3) is 4.28. The number of furan rings is 1. The van der Waals surface area contributed by atoms with Crippen LogP contribution < -0.4 is 14.2 Å². The summed E-state index contributed by atoms with van der Waals surface area (Å²) < 4.78 is 24.6. The van der Waals surface area contributed by atoms with Crippen LogP contribution in [0.15, 0.2) is 58.5 Å². The molecule has 190 valence electrons. The highest BCUT2D eigenvalue weighted by atomic mass is 16.6. The fraction of sp³-hybridized carbons (Fsp3) is 0.276. The van der Waals surface area contributed by atoms with E-state index >= 15 is 0 Å². The standard InChI is InChI=1S/C29H29N3O5/c1-7-24(18-10-12-35-17-18)37-30-28-20-15-25(33-5)26(34-6)16-21(20)29-27(28)22-14-19(36-13-11-31(2)3)8-9-23(22)32(29)4/h1,8-10,12,14-17,24H,11,13H2,2-6H3. The molecule has 4 aromatic rings. The first-order chi connectivity index (χ1) is 18.0. The lowest BCUT2D eigenvalue weighted by atomic mass is 10.1. The monoisotopic (exact) mass is 499 g/mol. The van der Waals surface area contributed by atoms with Crippen molar-refractivity contribution in [2.24, 2.45) is 12.2 Å². The van der Waals surface area contributed by atoms with Crippen LogP contribution in [0.25, 0.3) is 22.2 Å². The molecule has 0 fully saturated rings. The van der Waals surface area contributed by atoms with E-state index in [0.29, 0.717) is 29.4 Å². The number of benzene rings is 2. The molecule has 1 aliphatic rings. The minimum atomic E-state index is -0.696. The number of fused-ring (bicyclic) bond motifs is 5. The zero-order valence-electron chi connectivity index (χ0n) is 21.6. The van der Waals surface area contributed by atoms with Crippen molar-refractivity contribution in [1.29, 1.82) is 0 Å². The minimum Gasteiger partial charge on any atom is -0.493 e. The van der Waals surface area contributed by atoms with Gasteiger partial charge in [0.15, 0.2) is 11.5 Å². The molecule has 2 heterocycles. The topological polar surface area (TPSA) is 70.6 Å². The second kappa shape index (κ2) is 9.96. The van der Waals surface area contributed by atoms with Gasteiger partial charge in [0.2, 0.25) is 6.10 Å². The van der Waals surface area contributed by atoms with E-state index in [1.165, 1.54) is 0 Å². The van der Waals surface area contributed by atoms with Gasteiger partial charge in [0.25, 0.3) is 0 Å². The van der Waals surface area contributed by atoms with Gasteiger partial charge in [-0.15, -0.1) is 6.42 Å². The maximum absolute atomic E-state index is 6.04. The fourth-order valence-corrected chi connectivity index (χ4v) is 4.63. The molecule has 0 saturated carbocycles. The van der Waals surface area contributed by atoms with Gasteiger partial charge >= 0.3 is 0 Å². The number of methoxy groups -OCH3 is 2. The van der Waals surface area contributed by atoms with Gasteiger partial charge in [-0.25, -0.2) is 0 Å². The summed E-state index contributed by atoms with van der Waals surface area (Å²) in [5.41, 5.74) is 6.17. The molecule has 0 spiro atoms. The lowest BCUT2D eigenvalue weighted by Gasteiger charge is -2.13. The molecule has 0 bridgehead atoms. The first-order valence-corrected chi connectivity index (χ1v) is 11.9. The second-order valence-corrected chi connectivity index (χ2v) is 9.01. The first kappa shape index (κ1) is 24.3. The average molecular weight is 500 g/mol. The van der Waals surface area contributed by atoms with Crippen molar-refractivity contribution in [3.8, 4) is 40.8 Å². The summed E-state index contributed by atoms with van der Waals surface area (Å²) in [6, 6.07) is 11.8. The molecule has 5 rings (SSSR count). The summed E-state index contributed by atoms with van der Waals surface area (Å²) >= 11 is 0. The van der Waals surface area contributed by atoms with Gasteiger partial charge < -0.3 is 32.9 Å². The van der Waals surface area contributed by atoms with Crippen molar-refractivity contribution < 1.29 is 23.5 Å². The van der Waals surface area contributed by atoms with E-state index in [2.05, 4.69) is 32.7 Å². The highest BCUT2D eigenvalue weighted by Gasteiger charge is 2.34. The molecule has 37 heavy (non-hydrogen) atoms. The second-order valence-electron chi connectivity index (χ2n) is 9.01. The molecule has 1 atom stereocenters. The minimum absolute atomic E-state index is 0.584. The number of likely N-dealkylation sites (N-methyl/N-ethyl adjacent to an activating group) is 1. The Bertz CT molecular complexity index is 1510. The third-order valence-electron chi connectivity index (χ3n) is 6.50. The average Bonchev–Trinajstić information content (AvgIpc) is 3.60. The largest absolute Gasteiger partial charge is 0.493 e. The van der Waals surface area contributed by atoms with E-state index in [1.807, 2.05) is 39.3 Å². The molecule has 1 aliphatic carbocycles. The van der Waals surface area contributed by atoms with Gasteiger partial charge in [0, 0.05) is 46.7 Å². The molecule has 8 nitrogen and oxygen atoms in total. The van der Waals surface area contributed by atoms with Crippen molar-refractivity contribution in [3.63, 3.8) is 0 Å². The van der Waals surface area contributed by atoms with Crippen LogP contribution in [0.1, 0.15) is 22.8 Å². The summed E-state index contributed by atoms with van der Waals surface area (Å²) in [5.74, 6) is 4.65. The quantitative estimate of drug-likeness (QED) is 0.213. The lowest BCUT2D eigenvalue weighted by molar-refractivity contribution is 0.0996. The van der Waals surface area contributed by atoms with Gasteiger partial charge in [-0.2, -0.15) is 0 Å². The van der Waals surface area contributed by atoms with Crippen LogP contribution in [0.4, 0.5) is 0 Å². The lowest BCUT2D eigenvalue weighted by Crippen LogP contribution is -2.19. The summed E-state index contributed by atoms with van der Waals surface area (Å²) in [4.78, 5) is 8.00. The van der Waals surface area contributed by atoms with Gasteiger partial charge in [0.05, 0.1) is 32.4 Å². The number of terminal acetylenes is 1. The molecule has 1 unspecified atom stereocenters. The van der Waals surface area contributed by atoms with Crippen LogP contribution in [-0.2, 0) is 11.9 Å². The van der Waals surface area contributed by atoms with E-state index in [-0.39, 0.29) is 0 Å². The molecular weight excluding hydrogens is 470 g/mol. The highest BCUT2D eigenvalue weighted by Crippen LogP contribution is 2.47. The number of hydrogen-bond acceptors (Lipinski definition) is 7. The van der Waals surface area contributed by atoms with Crippen molar-refractivity contribution in [2.45, 2.75) is 6.10 Å². The summed E-state index contributed by atoms with van der Waals surface area (Å²) in [7, 11) is 9.31. The number of ether oxygens (including phenoxy) is 3. The van der Waals surface area contributed by atoms with Crippen molar-refractivity contribution in [1.82, 2.24) is 9.47 Å². The van der Waals surface area contributed by atoms with E-state index in [1.54, 1.807) is 32.8 Å². The Balaban J connectivity index is 1.67. The van der Waals surface area contributed by atoms with Gasteiger partial charge in [-0.3, -0.25) is 0 Å². The molecule has 2 aromatic carbocycles. The highest BCUT2D eigenvalue weighted by molar-refractivity contribution is 6.30. The predicted molar refractivity (Wildman–Crippen MR) is 143 cm³/mol. The van der Waals surface area contributed by atoms with Crippen LogP contribution in [0, 0.1) is 12.3 Å². The van der Waals surface area contributed by atoms with Crippen LogP contribution in [0.2, 0.25) is 0 Å². The maximum Gasteiger partial charge on any atom is 0.215 e. The number of hydrogen-bond donors (Lipinski definition) is 0. The smallest absolute Gasteiger partial charge is 0.215 e. The first-order valence-electron chi connectivity index (χ1n) is 11.9. The zero-order valence-corrected chi connectivity index (χ0v) is 21.6. The van der Waals surface area contributed by atoms with Crippen LogP contribution in [-0.4, -0.2) is 56.6 Å². The number of oxime groups is 1. The van der Waals surface area contributed by atoms with Gasteiger partial charge in [-0.1, -0.05) is 11.1 Å². The molecular formula is C29H29N3O5. The Labute approximate surface area is 216 Å². The Morgan fingerprint density at radius 3 is 2.49 bits per heavy atom. The number of nitrogens with zero attached hydrogens (tertiary/aromatic N) is 3. The Hall–Kier alpha value is -4.35. The van der Waals surface area contributed by atoms with Crippen LogP contribution >= 0.6 is 0 Å². The van der Waals surface area contributed by atoms with Gasteiger partial charge in [0.1, 0.15) is 18.1 Å². The summed E-state index contributed by atoms with van der Waals surface area (Å²) in [5, 5.41) is 5.61. The van der Waals surface area contributed by atoms with Crippen molar-refractivity contribution in [2.75, 3.05) is 41.5 Å². The zero-order chi connectivity index (χ0) is 26.1. The molecule has 0 aliphatic heterocycles. The van der Waals surface area contributed by atoms with E-state index in [9.17, 15) is 0 Å². The van der Waals surface area contributed by atoms with Crippen LogP contribution in [0.3, 0.4) is 0 Å². The normalized spacial score (nSPS) is 13.9. The maximum atomic E-state index is 6.04. The summed E-state index contributed by atoms with van der Waals surface area (Å²) in [6.07, 6.45) is 8.17. The van der Waals surface area contributed by atoms with Crippen LogP contribution in [0.5, 0.6) is 17.2 Å². The Morgan fingerprint density at radius 1 is 1.08 bits per heavy atom. The fourth-order valence-electron chi connectivity index (χ4n) is 4.63. The van der Waals surface area contributed by atoms with E-state index in [4.69, 9.17) is 29.9 Å². The molecule has 0 N–H and O–H groups in total. The van der Waals surface area contributed by atoms with Crippen molar-refractivity contribution >= 4 is 16.6 Å². The Kier molecular flexibility index (Phi) is 6.55. The molecule has 0 saturated heterocycles. The molecule has 2 aromatic heterocycles. The Morgan fingerprint density at radius 2 is 1.84 bits per heavy atom. The third-order valence-corrected chi connectivity index (χ3v) is 6.50. The SMILES string of the molecule is C#CC(ON=C1c2cc(OC)c(OC)cc2-c2c1c1cc(OCCN(C)C)ccc1n2C)c1ccoc1. The summed E-state index contributed by atoms with van der Waals surface area (Å²) in [6.45, 7) is 1.40. The van der Waals surface area contributed by atoms with E-state index < -0.39 is 6.10 Å². The molecule has 0 amide bonds. The molecule has 8 heteroatoms. The number of aryl methyl sites for hydroxylation is 1. The van der Waals surface area contributed by atoms with E-state index in [0.717, 1.165) is 45.6 Å².